The van der Waals surface area contributed by atoms with Gasteiger partial charge in [-0.2, -0.15) is 0 Å². The van der Waals surface area contributed by atoms with Crippen LogP contribution in [0, 0.1) is 0 Å². The third kappa shape index (κ3) is 3.57. The minimum atomic E-state index is -0.379. The van der Waals surface area contributed by atoms with Crippen LogP contribution in [0.2, 0.25) is 10.0 Å². The first-order valence-electron chi connectivity index (χ1n) is 9.11. The number of fused-ring (bicyclic) bond motifs is 2. The number of allylic oxidation sites excluding steroid dienone is 1. The molecule has 0 atom stereocenters. The topological polar surface area (TPSA) is 80.6 Å². The van der Waals surface area contributed by atoms with Crippen LogP contribution in [0.3, 0.4) is 0 Å². The van der Waals surface area contributed by atoms with Gasteiger partial charge in [0.25, 0.3) is 5.56 Å². The summed E-state index contributed by atoms with van der Waals surface area (Å²) in [5.41, 5.74) is 1.77. The largest absolute Gasteiger partial charge is 0.361 e. The summed E-state index contributed by atoms with van der Waals surface area (Å²) in [5, 5.41) is 4.28. The highest BCUT2D eigenvalue weighted by Crippen LogP contribution is 2.26. The molecule has 1 N–H and O–H groups in total. The number of aromatic nitrogens is 4. The van der Waals surface area contributed by atoms with Gasteiger partial charge in [-0.05, 0) is 36.4 Å². The van der Waals surface area contributed by atoms with Crippen LogP contribution in [0.25, 0.3) is 33.6 Å². The molecule has 3 aromatic heterocycles. The molecular formula is C22H12Cl2N4O2S. The zero-order valence-electron chi connectivity index (χ0n) is 15.7. The summed E-state index contributed by atoms with van der Waals surface area (Å²) in [7, 11) is 0. The summed E-state index contributed by atoms with van der Waals surface area (Å²) < 4.78 is 1.24. The fourth-order valence-corrected chi connectivity index (χ4v) is 4.27. The zero-order valence-corrected chi connectivity index (χ0v) is 18.0. The van der Waals surface area contributed by atoms with E-state index >= 15 is 0 Å². The van der Waals surface area contributed by atoms with Crippen molar-refractivity contribution < 1.29 is 4.79 Å². The number of ketones is 1. The van der Waals surface area contributed by atoms with Gasteiger partial charge in [0.05, 0.1) is 10.9 Å². The molecule has 0 saturated carbocycles. The average molecular weight is 467 g/mol. The number of carbonyl (C=O) groups excluding carboxylic acids is 1. The monoisotopic (exact) mass is 466 g/mol. The van der Waals surface area contributed by atoms with Crippen molar-refractivity contribution in [2.75, 3.05) is 0 Å². The molecule has 0 spiro atoms. The molecule has 0 amide bonds. The smallest absolute Gasteiger partial charge is 0.265 e. The first-order chi connectivity index (χ1) is 15.0. The summed E-state index contributed by atoms with van der Waals surface area (Å²) in [6, 6.07) is 10.2. The Labute approximate surface area is 189 Å². The van der Waals surface area contributed by atoms with E-state index in [1.165, 1.54) is 22.2 Å². The highest BCUT2D eigenvalue weighted by molar-refractivity contribution is 7.12. The maximum atomic E-state index is 13.3. The van der Waals surface area contributed by atoms with Crippen molar-refractivity contribution in [3.05, 3.63) is 91.5 Å². The quantitative estimate of drug-likeness (QED) is 0.279. The third-order valence-corrected chi connectivity index (χ3v) is 6.05. The molecule has 5 rings (SSSR count). The van der Waals surface area contributed by atoms with Gasteiger partial charge in [-0.25, -0.2) is 9.97 Å². The standard InChI is InChI=1S/C22H12Cl2N4O2S/c23-13-1-3-15-12(10-26-17(15)8-13)7-19(20(29)21-25-5-6-31-21)28-11-27-18-9-14(24)2-4-16(18)22(28)30/h1-11,26H/b19-7-. The molecule has 5 aromatic rings. The minimum Gasteiger partial charge on any atom is -0.361 e. The van der Waals surface area contributed by atoms with E-state index < -0.39 is 0 Å². The Balaban J connectivity index is 1.75. The predicted molar refractivity (Wildman–Crippen MR) is 125 cm³/mol. The number of thiazole rings is 1. The van der Waals surface area contributed by atoms with Crippen LogP contribution in [0.15, 0.2) is 65.3 Å². The highest BCUT2D eigenvalue weighted by Gasteiger charge is 2.20. The number of carbonyl (C=O) groups is 1. The number of nitrogens with zero attached hydrogens (tertiary/aromatic N) is 3. The van der Waals surface area contributed by atoms with Crippen molar-refractivity contribution in [3.63, 3.8) is 0 Å². The van der Waals surface area contributed by atoms with E-state index in [1.54, 1.807) is 54.2 Å². The van der Waals surface area contributed by atoms with E-state index in [0.717, 1.165) is 16.5 Å². The number of aromatic amines is 1. The van der Waals surface area contributed by atoms with Crippen molar-refractivity contribution in [1.82, 2.24) is 19.5 Å². The fourth-order valence-electron chi connectivity index (χ4n) is 3.34. The molecule has 2 aromatic carbocycles. The van der Waals surface area contributed by atoms with Crippen LogP contribution in [0.4, 0.5) is 0 Å². The van der Waals surface area contributed by atoms with Gasteiger partial charge in [-0.1, -0.05) is 29.3 Å². The molecule has 0 aliphatic rings. The third-order valence-electron chi connectivity index (χ3n) is 4.81. The van der Waals surface area contributed by atoms with Crippen molar-refractivity contribution in [2.45, 2.75) is 0 Å². The molecule has 0 aliphatic heterocycles. The van der Waals surface area contributed by atoms with E-state index in [-0.39, 0.29) is 22.0 Å². The first-order valence-corrected chi connectivity index (χ1v) is 10.7. The maximum Gasteiger partial charge on any atom is 0.265 e. The van der Waals surface area contributed by atoms with Crippen molar-refractivity contribution in [1.29, 1.82) is 0 Å². The average Bonchev–Trinajstić information content (AvgIpc) is 3.42. The molecule has 0 aliphatic carbocycles. The molecule has 0 unspecified atom stereocenters. The molecule has 0 bridgehead atoms. The summed E-state index contributed by atoms with van der Waals surface area (Å²) in [4.78, 5) is 38.1. The second kappa shape index (κ2) is 7.77. The molecule has 0 fully saturated rings. The Morgan fingerprint density at radius 3 is 2.61 bits per heavy atom. The SMILES string of the molecule is O=C(/C(=C/c1c[nH]c2cc(Cl)ccc12)n1cnc2cc(Cl)ccc2c1=O)c1nccs1. The molecule has 0 saturated heterocycles. The second-order valence-corrected chi connectivity index (χ2v) is 8.48. The lowest BCUT2D eigenvalue weighted by atomic mass is 10.1. The summed E-state index contributed by atoms with van der Waals surface area (Å²) in [6.45, 7) is 0. The van der Waals surface area contributed by atoms with Crippen LogP contribution >= 0.6 is 34.5 Å². The zero-order chi connectivity index (χ0) is 21.5. The summed E-state index contributed by atoms with van der Waals surface area (Å²) in [5.74, 6) is -0.379. The van der Waals surface area contributed by atoms with E-state index in [2.05, 4.69) is 15.0 Å². The Hall–Kier alpha value is -3.26. The number of rotatable bonds is 4. The Morgan fingerprint density at radius 2 is 1.84 bits per heavy atom. The lowest BCUT2D eigenvalue weighted by molar-refractivity contribution is 0.105. The number of nitrogens with one attached hydrogen (secondary N) is 1. The number of Topliss-reactive ketones (excluding diaryl/α,β-unsaturated/α-hetero) is 1. The van der Waals surface area contributed by atoms with E-state index in [1.807, 2.05) is 6.07 Å². The first kappa shape index (κ1) is 19.7. The number of H-pyrrole nitrogens is 1. The van der Waals surface area contributed by atoms with Gasteiger partial charge >= 0.3 is 0 Å². The lowest BCUT2D eigenvalue weighted by Gasteiger charge is -2.10. The maximum absolute atomic E-state index is 13.3. The minimum absolute atomic E-state index is 0.139. The predicted octanol–water partition coefficient (Wildman–Crippen LogP) is 5.52. The summed E-state index contributed by atoms with van der Waals surface area (Å²) >= 11 is 13.3. The second-order valence-electron chi connectivity index (χ2n) is 6.71. The molecule has 0 radical (unpaired) electrons. The van der Waals surface area contributed by atoms with Crippen LogP contribution in [0.5, 0.6) is 0 Å². The van der Waals surface area contributed by atoms with Crippen LogP contribution in [-0.2, 0) is 0 Å². The molecule has 3 heterocycles. The van der Waals surface area contributed by atoms with E-state index in [0.29, 0.717) is 20.9 Å². The molecule has 6 nitrogen and oxygen atoms in total. The fraction of sp³-hybridized carbons (Fsp3) is 0. The Kier molecular flexibility index (Phi) is 4.94. The van der Waals surface area contributed by atoms with Gasteiger partial charge in [0.2, 0.25) is 5.78 Å². The molecule has 152 valence electrons. The van der Waals surface area contributed by atoms with Crippen molar-refractivity contribution in [2.24, 2.45) is 0 Å². The van der Waals surface area contributed by atoms with Crippen LogP contribution in [0.1, 0.15) is 15.4 Å². The number of benzene rings is 2. The van der Waals surface area contributed by atoms with Gasteiger partial charge < -0.3 is 4.98 Å². The van der Waals surface area contributed by atoms with Gasteiger partial charge in [-0.3, -0.25) is 14.2 Å². The Bertz CT molecular complexity index is 1550. The highest BCUT2D eigenvalue weighted by atomic mass is 35.5. The lowest BCUT2D eigenvalue weighted by Crippen LogP contribution is -2.23. The number of hydrogen-bond donors (Lipinski definition) is 1. The van der Waals surface area contributed by atoms with E-state index in [9.17, 15) is 9.59 Å². The number of hydrogen-bond acceptors (Lipinski definition) is 5. The van der Waals surface area contributed by atoms with Gasteiger partial charge in [0.15, 0.2) is 5.01 Å². The molecule has 9 heteroatoms. The van der Waals surface area contributed by atoms with Gasteiger partial charge in [-0.15, -0.1) is 11.3 Å². The molecule has 31 heavy (non-hydrogen) atoms. The van der Waals surface area contributed by atoms with Crippen LogP contribution in [-0.4, -0.2) is 25.3 Å². The molecular weight excluding hydrogens is 455 g/mol. The normalized spacial score (nSPS) is 12.0. The van der Waals surface area contributed by atoms with Crippen molar-refractivity contribution in [3.8, 4) is 0 Å². The van der Waals surface area contributed by atoms with Gasteiger partial charge in [0.1, 0.15) is 12.0 Å². The Morgan fingerprint density at radius 1 is 1.06 bits per heavy atom. The van der Waals surface area contributed by atoms with Crippen molar-refractivity contribution >= 4 is 73.9 Å². The van der Waals surface area contributed by atoms with Gasteiger partial charge in [0, 0.05) is 44.3 Å². The number of halogens is 2. The van der Waals surface area contributed by atoms with E-state index in [4.69, 9.17) is 23.2 Å². The summed E-state index contributed by atoms with van der Waals surface area (Å²) in [6.07, 6.45) is 6.30. The van der Waals surface area contributed by atoms with Crippen LogP contribution < -0.4 is 5.56 Å².